The van der Waals surface area contributed by atoms with Crippen molar-refractivity contribution in [1.82, 2.24) is 4.90 Å². The molecule has 1 aliphatic carbocycles. The Kier molecular flexibility index (Phi) is 2.93. The number of anilines is 1. The lowest BCUT2D eigenvalue weighted by atomic mass is 10.3. The molecule has 4 heteroatoms. The number of thiophene rings is 1. The standard InChI is InChI=1S/C12H18N2OS/c1-7-4-9(7)6-14(3)12(15)11-5-10(13)8(2)16-11/h5,7,9H,4,6,13H2,1-3H3. The third kappa shape index (κ3) is 2.21. The minimum absolute atomic E-state index is 0.101. The average molecular weight is 238 g/mol. The van der Waals surface area contributed by atoms with Crippen molar-refractivity contribution in [3.8, 4) is 0 Å². The summed E-state index contributed by atoms with van der Waals surface area (Å²) in [6, 6.07) is 1.79. The number of nitrogens with zero attached hydrogens (tertiary/aromatic N) is 1. The Morgan fingerprint density at radius 1 is 1.69 bits per heavy atom. The number of amides is 1. The highest BCUT2D eigenvalue weighted by Gasteiger charge is 2.34. The lowest BCUT2D eigenvalue weighted by Gasteiger charge is -2.15. The normalized spacial score (nSPS) is 23.2. The fourth-order valence-electron chi connectivity index (χ4n) is 1.88. The lowest BCUT2D eigenvalue weighted by molar-refractivity contribution is 0.0792. The van der Waals surface area contributed by atoms with Crippen LogP contribution in [0.3, 0.4) is 0 Å². The first-order valence-electron chi connectivity index (χ1n) is 5.60. The van der Waals surface area contributed by atoms with Gasteiger partial charge in [-0.05, 0) is 31.2 Å². The van der Waals surface area contributed by atoms with Crippen molar-refractivity contribution in [1.29, 1.82) is 0 Å². The summed E-state index contributed by atoms with van der Waals surface area (Å²) in [5.41, 5.74) is 6.48. The van der Waals surface area contributed by atoms with E-state index < -0.39 is 0 Å². The monoisotopic (exact) mass is 238 g/mol. The zero-order valence-corrected chi connectivity index (χ0v) is 10.8. The average Bonchev–Trinajstić information content (AvgIpc) is 2.80. The third-order valence-corrected chi connectivity index (χ3v) is 4.35. The Morgan fingerprint density at radius 3 is 2.75 bits per heavy atom. The van der Waals surface area contributed by atoms with Gasteiger partial charge >= 0.3 is 0 Å². The fourth-order valence-corrected chi connectivity index (χ4v) is 2.81. The second-order valence-electron chi connectivity index (χ2n) is 4.78. The van der Waals surface area contributed by atoms with Crippen LogP contribution in [0.1, 0.15) is 27.9 Å². The number of carbonyl (C=O) groups is 1. The van der Waals surface area contributed by atoms with E-state index in [9.17, 15) is 4.79 Å². The van der Waals surface area contributed by atoms with Gasteiger partial charge in [-0.3, -0.25) is 4.79 Å². The highest BCUT2D eigenvalue weighted by molar-refractivity contribution is 7.14. The molecule has 1 fully saturated rings. The second kappa shape index (κ2) is 4.09. The van der Waals surface area contributed by atoms with Crippen LogP contribution in [0.15, 0.2) is 6.07 Å². The van der Waals surface area contributed by atoms with Crippen molar-refractivity contribution in [2.24, 2.45) is 11.8 Å². The molecule has 2 unspecified atom stereocenters. The van der Waals surface area contributed by atoms with E-state index in [2.05, 4.69) is 6.92 Å². The highest BCUT2D eigenvalue weighted by atomic mass is 32.1. The maximum absolute atomic E-state index is 12.1. The predicted octanol–water partition coefficient (Wildman–Crippen LogP) is 2.37. The summed E-state index contributed by atoms with van der Waals surface area (Å²) in [5.74, 6) is 1.58. The number of nitrogens with two attached hydrogens (primary N) is 1. The summed E-state index contributed by atoms with van der Waals surface area (Å²) < 4.78 is 0. The maximum atomic E-state index is 12.1. The molecule has 0 radical (unpaired) electrons. The first kappa shape index (κ1) is 11.5. The van der Waals surface area contributed by atoms with Gasteiger partial charge in [-0.2, -0.15) is 0 Å². The number of carbonyl (C=O) groups excluding carboxylic acids is 1. The summed E-state index contributed by atoms with van der Waals surface area (Å²) in [5, 5.41) is 0. The Bertz CT molecular complexity index is 394. The fraction of sp³-hybridized carbons (Fsp3) is 0.583. The first-order valence-corrected chi connectivity index (χ1v) is 6.42. The van der Waals surface area contributed by atoms with Crippen LogP contribution in [0.5, 0.6) is 0 Å². The zero-order valence-electron chi connectivity index (χ0n) is 9.99. The van der Waals surface area contributed by atoms with Crippen molar-refractivity contribution >= 4 is 22.9 Å². The van der Waals surface area contributed by atoms with E-state index in [0.717, 1.165) is 27.9 Å². The first-order chi connectivity index (χ1) is 7.49. The van der Waals surface area contributed by atoms with Gasteiger partial charge in [-0.15, -0.1) is 11.3 Å². The largest absolute Gasteiger partial charge is 0.398 e. The molecule has 1 saturated carbocycles. The molecule has 0 spiro atoms. The van der Waals surface area contributed by atoms with Crippen LogP contribution >= 0.6 is 11.3 Å². The summed E-state index contributed by atoms with van der Waals surface area (Å²) in [6.07, 6.45) is 1.25. The van der Waals surface area contributed by atoms with E-state index in [4.69, 9.17) is 5.73 Å². The molecule has 3 nitrogen and oxygen atoms in total. The van der Waals surface area contributed by atoms with E-state index in [1.54, 1.807) is 6.07 Å². The molecule has 0 saturated heterocycles. The van der Waals surface area contributed by atoms with E-state index in [-0.39, 0.29) is 5.91 Å². The molecular weight excluding hydrogens is 220 g/mol. The summed E-state index contributed by atoms with van der Waals surface area (Å²) in [7, 11) is 1.87. The van der Waals surface area contributed by atoms with Crippen LogP contribution in [0.25, 0.3) is 0 Å². The number of nitrogen functional groups attached to an aromatic ring is 1. The summed E-state index contributed by atoms with van der Waals surface area (Å²) >= 11 is 1.48. The smallest absolute Gasteiger partial charge is 0.263 e. The Labute approximate surface area is 100 Å². The molecule has 2 N–H and O–H groups in total. The van der Waals surface area contributed by atoms with Crippen LogP contribution < -0.4 is 5.73 Å². The number of hydrogen-bond donors (Lipinski definition) is 1. The van der Waals surface area contributed by atoms with Crippen LogP contribution in [0.2, 0.25) is 0 Å². The molecule has 1 heterocycles. The van der Waals surface area contributed by atoms with Gasteiger partial charge in [0.15, 0.2) is 0 Å². The molecular formula is C12H18N2OS. The molecule has 2 atom stereocenters. The minimum atomic E-state index is 0.101. The molecule has 0 aliphatic heterocycles. The van der Waals surface area contributed by atoms with Gasteiger partial charge in [0.1, 0.15) is 0 Å². The lowest BCUT2D eigenvalue weighted by Crippen LogP contribution is -2.28. The van der Waals surface area contributed by atoms with Gasteiger partial charge in [-0.1, -0.05) is 6.92 Å². The van der Waals surface area contributed by atoms with Crippen LogP contribution in [0.4, 0.5) is 5.69 Å². The van der Waals surface area contributed by atoms with Gasteiger partial charge in [0, 0.05) is 24.2 Å². The SMILES string of the molecule is Cc1sc(C(=O)N(C)CC2CC2C)cc1N. The Morgan fingerprint density at radius 2 is 2.31 bits per heavy atom. The second-order valence-corrected chi connectivity index (χ2v) is 6.04. The zero-order chi connectivity index (χ0) is 11.9. The van der Waals surface area contributed by atoms with E-state index in [1.165, 1.54) is 17.8 Å². The molecule has 1 amide bonds. The molecule has 0 aromatic carbocycles. The van der Waals surface area contributed by atoms with E-state index in [1.807, 2.05) is 18.9 Å². The molecule has 1 aromatic rings. The maximum Gasteiger partial charge on any atom is 0.263 e. The summed E-state index contributed by atoms with van der Waals surface area (Å²) in [6.45, 7) is 5.05. The van der Waals surface area contributed by atoms with Gasteiger partial charge in [0.25, 0.3) is 5.91 Å². The molecule has 1 aliphatic rings. The Balaban J connectivity index is 2.00. The molecule has 1 aromatic heterocycles. The highest BCUT2D eigenvalue weighted by Crippen LogP contribution is 2.38. The topological polar surface area (TPSA) is 46.3 Å². The van der Waals surface area contributed by atoms with Crippen LogP contribution in [-0.4, -0.2) is 24.4 Å². The van der Waals surface area contributed by atoms with Crippen molar-refractivity contribution < 1.29 is 4.79 Å². The summed E-state index contributed by atoms with van der Waals surface area (Å²) in [4.78, 5) is 15.7. The van der Waals surface area contributed by atoms with E-state index >= 15 is 0 Å². The quantitative estimate of drug-likeness (QED) is 0.878. The van der Waals surface area contributed by atoms with Crippen molar-refractivity contribution in [2.75, 3.05) is 19.3 Å². The molecule has 0 bridgehead atoms. The van der Waals surface area contributed by atoms with Gasteiger partial charge in [0.2, 0.25) is 0 Å². The van der Waals surface area contributed by atoms with Crippen LogP contribution in [-0.2, 0) is 0 Å². The molecule has 2 rings (SSSR count). The van der Waals surface area contributed by atoms with E-state index in [0.29, 0.717) is 5.92 Å². The Hall–Kier alpha value is -1.03. The number of aryl methyl sites for hydroxylation is 1. The number of rotatable bonds is 3. The van der Waals surface area contributed by atoms with Crippen molar-refractivity contribution in [2.45, 2.75) is 20.3 Å². The van der Waals surface area contributed by atoms with Gasteiger partial charge in [0.05, 0.1) is 4.88 Å². The van der Waals surface area contributed by atoms with Crippen LogP contribution in [0, 0.1) is 18.8 Å². The van der Waals surface area contributed by atoms with Crippen molar-refractivity contribution in [3.63, 3.8) is 0 Å². The van der Waals surface area contributed by atoms with Crippen molar-refractivity contribution in [3.05, 3.63) is 15.8 Å². The third-order valence-electron chi connectivity index (χ3n) is 3.30. The molecule has 16 heavy (non-hydrogen) atoms. The number of hydrogen-bond acceptors (Lipinski definition) is 3. The predicted molar refractivity (Wildman–Crippen MR) is 67.7 cm³/mol. The van der Waals surface area contributed by atoms with Gasteiger partial charge < -0.3 is 10.6 Å². The molecule has 88 valence electrons. The van der Waals surface area contributed by atoms with Gasteiger partial charge in [-0.25, -0.2) is 0 Å². The minimum Gasteiger partial charge on any atom is -0.398 e.